The Morgan fingerprint density at radius 1 is 1.34 bits per heavy atom. The second-order valence-electron chi connectivity index (χ2n) is 8.41. The molecule has 1 atom stereocenters. The van der Waals surface area contributed by atoms with Crippen LogP contribution in [0.3, 0.4) is 0 Å². The molecule has 1 saturated heterocycles. The maximum atomic E-state index is 13.0. The lowest BCUT2D eigenvalue weighted by Gasteiger charge is -2.54. The molecule has 29 heavy (non-hydrogen) atoms. The number of hydrogen-bond donors (Lipinski definition) is 2. The van der Waals surface area contributed by atoms with Crippen molar-refractivity contribution in [3.8, 4) is 0 Å². The minimum Gasteiger partial charge on any atom is -0.373 e. The van der Waals surface area contributed by atoms with E-state index in [0.29, 0.717) is 25.4 Å². The number of aromatic nitrogens is 3. The molecule has 154 valence electrons. The molecule has 3 aliphatic rings. The molecule has 0 aromatic carbocycles. The third-order valence-electron chi connectivity index (χ3n) is 6.59. The summed E-state index contributed by atoms with van der Waals surface area (Å²) in [6.07, 6.45) is 8.75. The highest BCUT2D eigenvalue weighted by Crippen LogP contribution is 2.41. The van der Waals surface area contributed by atoms with E-state index in [2.05, 4.69) is 19.9 Å². The first-order valence-corrected chi connectivity index (χ1v) is 10.5. The summed E-state index contributed by atoms with van der Waals surface area (Å²) in [7, 11) is 0. The average Bonchev–Trinajstić information content (AvgIpc) is 3.43. The second kappa shape index (κ2) is 7.33. The smallest absolute Gasteiger partial charge is 0.270 e. The number of rotatable bonds is 5. The van der Waals surface area contributed by atoms with Crippen LogP contribution in [0.15, 0.2) is 24.5 Å². The number of carbonyl (C=O) groups is 2. The Balaban J connectivity index is 1.20. The van der Waals surface area contributed by atoms with Gasteiger partial charge in [0.2, 0.25) is 5.91 Å². The fourth-order valence-electron chi connectivity index (χ4n) is 4.76. The molecule has 5 rings (SSSR count). The van der Waals surface area contributed by atoms with Gasteiger partial charge in [0.1, 0.15) is 11.5 Å². The van der Waals surface area contributed by atoms with Gasteiger partial charge >= 0.3 is 0 Å². The van der Waals surface area contributed by atoms with Gasteiger partial charge in [0, 0.05) is 25.7 Å². The number of imidazole rings is 1. The van der Waals surface area contributed by atoms with Gasteiger partial charge in [-0.3, -0.25) is 9.59 Å². The summed E-state index contributed by atoms with van der Waals surface area (Å²) >= 11 is 0. The van der Waals surface area contributed by atoms with Crippen molar-refractivity contribution in [3.05, 3.63) is 41.7 Å². The Labute approximate surface area is 169 Å². The summed E-state index contributed by atoms with van der Waals surface area (Å²) in [5.41, 5.74) is 1.44. The van der Waals surface area contributed by atoms with Gasteiger partial charge in [0.05, 0.1) is 43.1 Å². The van der Waals surface area contributed by atoms with E-state index in [0.717, 1.165) is 50.2 Å². The molecule has 8 heteroatoms. The van der Waals surface area contributed by atoms with Crippen LogP contribution in [0.2, 0.25) is 0 Å². The van der Waals surface area contributed by atoms with Gasteiger partial charge in [0.25, 0.3) is 5.91 Å². The first-order chi connectivity index (χ1) is 14.1. The molecule has 1 spiro atoms. The Morgan fingerprint density at radius 3 is 3.00 bits per heavy atom. The van der Waals surface area contributed by atoms with Crippen LogP contribution in [0.4, 0.5) is 0 Å². The molecule has 0 bridgehead atoms. The number of H-pyrrole nitrogens is 1. The monoisotopic (exact) mass is 397 g/mol. The van der Waals surface area contributed by atoms with Crippen LogP contribution in [0.1, 0.15) is 54.1 Å². The highest BCUT2D eigenvalue weighted by molar-refractivity contribution is 5.93. The van der Waals surface area contributed by atoms with Gasteiger partial charge in [-0.25, -0.2) is 4.98 Å². The van der Waals surface area contributed by atoms with Gasteiger partial charge in [-0.15, -0.1) is 0 Å². The minimum absolute atomic E-state index is 0.00164. The lowest BCUT2D eigenvalue weighted by Crippen LogP contribution is -2.65. The second-order valence-corrected chi connectivity index (χ2v) is 8.41. The zero-order valence-electron chi connectivity index (χ0n) is 16.5. The maximum absolute atomic E-state index is 13.0. The maximum Gasteiger partial charge on any atom is 0.270 e. The van der Waals surface area contributed by atoms with E-state index >= 15 is 0 Å². The molecular formula is C21H27N5O3. The number of carbonyl (C=O) groups excluding carboxylic acids is 2. The summed E-state index contributed by atoms with van der Waals surface area (Å²) < 4.78 is 8.22. The quantitative estimate of drug-likeness (QED) is 0.802. The zero-order chi connectivity index (χ0) is 19.8. The number of morpholine rings is 1. The Kier molecular flexibility index (Phi) is 4.66. The first kappa shape index (κ1) is 18.4. The van der Waals surface area contributed by atoms with Crippen LogP contribution in [-0.4, -0.2) is 56.0 Å². The number of hydrogen-bond acceptors (Lipinski definition) is 4. The molecule has 1 saturated carbocycles. The van der Waals surface area contributed by atoms with Crippen molar-refractivity contribution < 1.29 is 14.3 Å². The van der Waals surface area contributed by atoms with Crippen molar-refractivity contribution >= 4 is 11.8 Å². The van der Waals surface area contributed by atoms with Crippen molar-refractivity contribution in [1.82, 2.24) is 24.8 Å². The van der Waals surface area contributed by atoms with E-state index in [1.54, 1.807) is 12.3 Å². The SMILES string of the molecule is O=C(CC1CN(C(=O)c2ccc[nH]2)C2(CCC2)CO1)NCc1cnc2n1CCC2. The van der Waals surface area contributed by atoms with Crippen LogP contribution in [-0.2, 0) is 29.0 Å². The number of fused-ring (bicyclic) bond motifs is 1. The Hall–Kier alpha value is -2.61. The van der Waals surface area contributed by atoms with Gasteiger partial charge < -0.3 is 24.5 Å². The summed E-state index contributed by atoms with van der Waals surface area (Å²) in [5, 5.41) is 2.99. The normalized spacial score (nSPS) is 22.3. The molecule has 1 unspecified atom stereocenters. The van der Waals surface area contributed by atoms with Crippen LogP contribution >= 0.6 is 0 Å². The third-order valence-corrected chi connectivity index (χ3v) is 6.59. The number of amides is 2. The highest BCUT2D eigenvalue weighted by Gasteiger charge is 2.49. The van der Waals surface area contributed by atoms with E-state index in [9.17, 15) is 9.59 Å². The lowest BCUT2D eigenvalue weighted by atomic mass is 9.74. The number of aryl methyl sites for hydroxylation is 1. The van der Waals surface area contributed by atoms with E-state index in [4.69, 9.17) is 4.74 Å². The molecule has 1 aliphatic carbocycles. The third kappa shape index (κ3) is 3.35. The summed E-state index contributed by atoms with van der Waals surface area (Å²) in [6, 6.07) is 3.63. The Bertz CT molecular complexity index is 900. The van der Waals surface area contributed by atoms with Crippen LogP contribution in [0.5, 0.6) is 0 Å². The number of nitrogens with one attached hydrogen (secondary N) is 2. The molecule has 2 fully saturated rings. The standard InChI is InChI=1S/C21H27N5O3/c27-19(24-12-15-11-23-18-5-2-9-25(15)18)10-16-13-26(20(28)17-4-1-8-22-17)21(14-29-16)6-3-7-21/h1,4,8,11,16,22H,2-3,5-7,9-10,12-14H2,(H,24,27). The molecule has 2 amide bonds. The van der Waals surface area contributed by atoms with Crippen LogP contribution in [0, 0.1) is 0 Å². The van der Waals surface area contributed by atoms with E-state index in [1.165, 1.54) is 0 Å². The van der Waals surface area contributed by atoms with Gasteiger partial charge in [-0.1, -0.05) is 0 Å². The van der Waals surface area contributed by atoms with Crippen molar-refractivity contribution in [2.45, 2.75) is 63.3 Å². The van der Waals surface area contributed by atoms with Crippen molar-refractivity contribution in [1.29, 1.82) is 0 Å². The van der Waals surface area contributed by atoms with Crippen LogP contribution in [0.25, 0.3) is 0 Å². The molecule has 2 aromatic rings. The molecule has 0 radical (unpaired) electrons. The molecule has 2 aliphatic heterocycles. The fourth-order valence-corrected chi connectivity index (χ4v) is 4.76. The van der Waals surface area contributed by atoms with Gasteiger partial charge in [0.15, 0.2) is 0 Å². The van der Waals surface area contributed by atoms with Gasteiger partial charge in [-0.05, 0) is 37.8 Å². The molecule has 8 nitrogen and oxygen atoms in total. The molecular weight excluding hydrogens is 370 g/mol. The topological polar surface area (TPSA) is 92.2 Å². The van der Waals surface area contributed by atoms with E-state index in [1.807, 2.05) is 17.2 Å². The van der Waals surface area contributed by atoms with Crippen molar-refractivity contribution in [2.24, 2.45) is 0 Å². The highest BCUT2D eigenvalue weighted by atomic mass is 16.5. The lowest BCUT2D eigenvalue weighted by molar-refractivity contribution is -0.140. The molecule has 2 N–H and O–H groups in total. The average molecular weight is 397 g/mol. The predicted molar refractivity (Wildman–Crippen MR) is 105 cm³/mol. The Morgan fingerprint density at radius 2 is 2.24 bits per heavy atom. The summed E-state index contributed by atoms with van der Waals surface area (Å²) in [4.78, 5) is 34.9. The van der Waals surface area contributed by atoms with Crippen molar-refractivity contribution in [2.75, 3.05) is 13.2 Å². The fraction of sp³-hybridized carbons (Fsp3) is 0.571. The first-order valence-electron chi connectivity index (χ1n) is 10.5. The largest absolute Gasteiger partial charge is 0.373 e. The van der Waals surface area contributed by atoms with E-state index < -0.39 is 0 Å². The molecule has 2 aromatic heterocycles. The predicted octanol–water partition coefficient (Wildman–Crippen LogP) is 1.63. The number of aromatic amines is 1. The number of ether oxygens (including phenoxy) is 1. The van der Waals surface area contributed by atoms with Gasteiger partial charge in [-0.2, -0.15) is 0 Å². The summed E-state index contributed by atoms with van der Waals surface area (Å²) in [5.74, 6) is 1.05. The zero-order valence-corrected chi connectivity index (χ0v) is 16.5. The van der Waals surface area contributed by atoms with E-state index in [-0.39, 0.29) is 29.9 Å². The van der Waals surface area contributed by atoms with Crippen LogP contribution < -0.4 is 5.32 Å². The number of nitrogens with zero attached hydrogens (tertiary/aromatic N) is 3. The molecule has 4 heterocycles. The van der Waals surface area contributed by atoms with Crippen molar-refractivity contribution in [3.63, 3.8) is 0 Å². The minimum atomic E-state index is -0.281. The summed E-state index contributed by atoms with van der Waals surface area (Å²) in [6.45, 7) is 2.42.